The topological polar surface area (TPSA) is 44.8 Å². The van der Waals surface area contributed by atoms with Gasteiger partial charge in [-0.1, -0.05) is 109 Å². The molecule has 7 heteroatoms. The Kier molecular flexibility index (Phi) is 12.8. The first-order chi connectivity index (χ1) is 22.1. The number of hydrogen-bond donors (Lipinski definition) is 0. The van der Waals surface area contributed by atoms with Gasteiger partial charge in [0.2, 0.25) is 0 Å². The average molecular weight is 717 g/mol. The highest BCUT2D eigenvalue weighted by Gasteiger charge is 2.64. The van der Waals surface area contributed by atoms with E-state index in [1.54, 1.807) is 0 Å². The van der Waals surface area contributed by atoms with Gasteiger partial charge in [0, 0.05) is 42.2 Å². The van der Waals surface area contributed by atoms with Gasteiger partial charge in [0.25, 0.3) is 22.6 Å². The van der Waals surface area contributed by atoms with Crippen LogP contribution in [0.3, 0.4) is 0 Å². The quantitative estimate of drug-likeness (QED) is 0.0961. The van der Waals surface area contributed by atoms with E-state index in [4.69, 9.17) is 13.6 Å². The van der Waals surface area contributed by atoms with Crippen molar-refractivity contribution in [2.45, 2.75) is 183 Å². The van der Waals surface area contributed by atoms with Gasteiger partial charge < -0.3 is 13.6 Å². The second-order valence-electron chi connectivity index (χ2n) is 18.7. The Balaban J connectivity index is 2.53. The van der Waals surface area contributed by atoms with Crippen LogP contribution in [-0.2, 0) is 18.4 Å². The van der Waals surface area contributed by atoms with Gasteiger partial charge in [-0.3, -0.25) is 4.79 Å². The summed E-state index contributed by atoms with van der Waals surface area (Å²) in [6.45, 7) is 42.8. The number of rotatable bonds is 15. The molecule has 0 N–H and O–H groups in total. The molecular formula is C41H76O4Si3. The fourth-order valence-electron chi connectivity index (χ4n) is 10.3. The number of carbonyl (C=O) groups excluding carboxylic acids is 1. The summed E-state index contributed by atoms with van der Waals surface area (Å²) in [5.41, 5.74) is 2.79. The van der Waals surface area contributed by atoms with E-state index in [-0.39, 0.29) is 16.7 Å². The molecule has 3 unspecified atom stereocenters. The summed E-state index contributed by atoms with van der Waals surface area (Å²) in [6.07, 6.45) is 6.54. The number of ether oxygens (including phenoxy) is 1. The molecule has 2 bridgehead atoms. The minimum atomic E-state index is -2.25. The summed E-state index contributed by atoms with van der Waals surface area (Å²) >= 11 is 0. The van der Waals surface area contributed by atoms with Crippen molar-refractivity contribution in [3.8, 4) is 0 Å². The lowest BCUT2D eigenvalue weighted by molar-refractivity contribution is -0.135. The number of hydrogen-bond acceptors (Lipinski definition) is 4. The smallest absolute Gasteiger partial charge is 0.265 e. The van der Waals surface area contributed by atoms with Crippen LogP contribution in [0.1, 0.15) is 122 Å². The van der Waals surface area contributed by atoms with Gasteiger partial charge in [-0.15, -0.1) is 6.58 Å². The molecular weight excluding hydrogens is 641 g/mol. The highest BCUT2D eigenvalue weighted by molar-refractivity contribution is 6.78. The Morgan fingerprint density at radius 2 is 1.48 bits per heavy atom. The zero-order chi connectivity index (χ0) is 36.7. The lowest BCUT2D eigenvalue weighted by Gasteiger charge is -2.57. The van der Waals surface area contributed by atoms with Gasteiger partial charge in [0.1, 0.15) is 5.78 Å². The van der Waals surface area contributed by atoms with E-state index in [1.165, 1.54) is 16.9 Å². The van der Waals surface area contributed by atoms with E-state index in [1.807, 2.05) is 6.08 Å². The number of Topliss-reactive ketones (excluding diaryl/α,β-unsaturated/α-hetero) is 1. The lowest BCUT2D eigenvalue weighted by atomic mass is 9.46. The first kappa shape index (κ1) is 41.4. The molecule has 4 nitrogen and oxygen atoms in total. The molecule has 0 aromatic carbocycles. The van der Waals surface area contributed by atoms with Crippen molar-refractivity contribution in [2.75, 3.05) is 6.61 Å². The average Bonchev–Trinajstić information content (AvgIpc) is 3.40. The number of carbonyl (C=O) groups is 1. The standard InChI is InChI=1S/C41H76O4Si3/c1-18-39(13)28-34(38(43-26-27-46(15,16)17)45-47(19-2,20-3)21-4)40(14)32(11)22-24-41(33(12)37(39)42)25-23-35(36(40)41)44-48(29(5)6,30(7)8)31(9)10/h18,29-33H,1,19-28H2,2-17H3/b38-34+/t32?,33-,39-,40?,41?/m1/s1. The molecule has 2 saturated carbocycles. The number of ketones is 1. The van der Waals surface area contributed by atoms with E-state index in [9.17, 15) is 4.79 Å². The molecule has 2 fully saturated rings. The fraction of sp³-hybridized carbons (Fsp3) is 0.829. The van der Waals surface area contributed by atoms with Crippen LogP contribution in [0, 0.1) is 28.1 Å². The minimum Gasteiger partial charge on any atom is -0.546 e. The van der Waals surface area contributed by atoms with E-state index in [0.29, 0.717) is 41.4 Å². The first-order valence-corrected chi connectivity index (χ1v) is 28.1. The van der Waals surface area contributed by atoms with Gasteiger partial charge in [-0.05, 0) is 84.9 Å². The van der Waals surface area contributed by atoms with Crippen LogP contribution < -0.4 is 0 Å². The van der Waals surface area contributed by atoms with Crippen LogP contribution in [0.25, 0.3) is 0 Å². The van der Waals surface area contributed by atoms with Crippen LogP contribution >= 0.6 is 0 Å². The molecule has 3 aliphatic carbocycles. The first-order valence-electron chi connectivity index (χ1n) is 19.8. The van der Waals surface area contributed by atoms with Crippen molar-refractivity contribution in [3.05, 3.63) is 35.5 Å². The predicted octanol–water partition coefficient (Wildman–Crippen LogP) is 13.0. The minimum absolute atomic E-state index is 0.106. The van der Waals surface area contributed by atoms with Crippen molar-refractivity contribution in [3.63, 3.8) is 0 Å². The summed E-state index contributed by atoms with van der Waals surface area (Å²) in [6, 6.07) is 4.20. The normalized spacial score (nSPS) is 31.2. The van der Waals surface area contributed by atoms with Gasteiger partial charge in [-0.2, -0.15) is 0 Å². The molecule has 0 spiro atoms. The summed E-state index contributed by atoms with van der Waals surface area (Å²) in [5, 5.41) is 0. The van der Waals surface area contributed by atoms with Crippen molar-refractivity contribution in [2.24, 2.45) is 28.1 Å². The molecule has 276 valence electrons. The molecule has 0 heterocycles. The Labute approximate surface area is 300 Å². The van der Waals surface area contributed by atoms with Crippen LogP contribution in [0.15, 0.2) is 35.5 Å². The van der Waals surface area contributed by atoms with Crippen LogP contribution in [-0.4, -0.2) is 37.1 Å². The third-order valence-electron chi connectivity index (χ3n) is 14.1. The second kappa shape index (κ2) is 14.9. The Morgan fingerprint density at radius 1 is 0.938 bits per heavy atom. The largest absolute Gasteiger partial charge is 0.546 e. The monoisotopic (exact) mass is 717 g/mol. The Morgan fingerprint density at radius 3 is 1.94 bits per heavy atom. The SMILES string of the molecule is C=C[C@]1(C)C/C(=C(/OCC[Si](C)(C)C)O[Si](CC)(CC)CC)C2(C)C3=C(O[Si](C(C)C)(C(C)C)C(C)C)CCC3(CCC2C)[C@H](C)C1=O. The van der Waals surface area contributed by atoms with Crippen molar-refractivity contribution < 1.29 is 18.4 Å². The van der Waals surface area contributed by atoms with E-state index >= 15 is 0 Å². The molecule has 48 heavy (non-hydrogen) atoms. The Bertz CT molecular complexity index is 1210. The summed E-state index contributed by atoms with van der Waals surface area (Å²) in [5.74, 6) is 2.54. The molecule has 0 aromatic rings. The third-order valence-corrected chi connectivity index (χ3v) is 26.3. The summed E-state index contributed by atoms with van der Waals surface area (Å²) in [4.78, 5) is 14.9. The van der Waals surface area contributed by atoms with Crippen LogP contribution in [0.2, 0.25) is 60.4 Å². The van der Waals surface area contributed by atoms with Crippen LogP contribution in [0.5, 0.6) is 0 Å². The lowest BCUT2D eigenvalue weighted by Crippen LogP contribution is -2.54. The maximum Gasteiger partial charge on any atom is 0.265 e. The highest BCUT2D eigenvalue weighted by atomic mass is 28.4. The zero-order valence-electron chi connectivity index (χ0n) is 34.4. The zero-order valence-corrected chi connectivity index (χ0v) is 37.4. The van der Waals surface area contributed by atoms with Crippen molar-refractivity contribution in [1.29, 1.82) is 0 Å². The van der Waals surface area contributed by atoms with Gasteiger partial charge >= 0.3 is 0 Å². The molecule has 0 saturated heterocycles. The van der Waals surface area contributed by atoms with Crippen molar-refractivity contribution in [1.82, 2.24) is 0 Å². The second-order valence-corrected chi connectivity index (χ2v) is 34.4. The molecule has 0 amide bonds. The molecule has 5 atom stereocenters. The maximum absolute atomic E-state index is 14.9. The summed E-state index contributed by atoms with van der Waals surface area (Å²) in [7, 11) is -5.75. The fourth-order valence-corrected chi connectivity index (χ4v) is 18.9. The predicted molar refractivity (Wildman–Crippen MR) is 214 cm³/mol. The molecule has 0 aromatic heterocycles. The Hall–Kier alpha value is -1.06. The molecule has 0 aliphatic heterocycles. The van der Waals surface area contributed by atoms with E-state index in [0.717, 1.165) is 55.8 Å². The van der Waals surface area contributed by atoms with Crippen LogP contribution in [0.4, 0.5) is 0 Å². The van der Waals surface area contributed by atoms with E-state index < -0.39 is 30.1 Å². The van der Waals surface area contributed by atoms with Crippen molar-refractivity contribution >= 4 is 30.5 Å². The molecule has 3 rings (SSSR count). The summed E-state index contributed by atoms with van der Waals surface area (Å²) < 4.78 is 22.3. The van der Waals surface area contributed by atoms with Gasteiger partial charge in [-0.25, -0.2) is 0 Å². The number of allylic oxidation sites excluding steroid dienone is 4. The van der Waals surface area contributed by atoms with Gasteiger partial charge in [0.15, 0.2) is 0 Å². The van der Waals surface area contributed by atoms with Gasteiger partial charge in [0.05, 0.1) is 12.4 Å². The highest BCUT2D eigenvalue weighted by Crippen LogP contribution is 2.70. The third kappa shape index (κ3) is 7.05. The molecule has 0 radical (unpaired) electrons. The molecule has 3 aliphatic rings. The van der Waals surface area contributed by atoms with E-state index in [2.05, 4.69) is 116 Å². The maximum atomic E-state index is 14.9.